The quantitative estimate of drug-likeness (QED) is 0.877. The minimum absolute atomic E-state index is 0.0926. The Balaban J connectivity index is 2.05. The van der Waals surface area contributed by atoms with E-state index in [1.54, 1.807) is 0 Å². The summed E-state index contributed by atoms with van der Waals surface area (Å²) in [6, 6.07) is 3.78. The van der Waals surface area contributed by atoms with Crippen LogP contribution < -0.4 is 5.32 Å². The van der Waals surface area contributed by atoms with Crippen LogP contribution in [0.15, 0.2) is 23.1 Å². The van der Waals surface area contributed by atoms with Gasteiger partial charge in [0.05, 0.1) is 0 Å². The molecule has 0 saturated heterocycles. The molecule has 1 aromatic rings. The van der Waals surface area contributed by atoms with E-state index < -0.39 is 23.1 Å². The fourth-order valence-corrected chi connectivity index (χ4v) is 3.92. The van der Waals surface area contributed by atoms with Gasteiger partial charge in [-0.1, -0.05) is 6.92 Å². The van der Waals surface area contributed by atoms with Crippen molar-refractivity contribution in [2.45, 2.75) is 41.9 Å². The van der Waals surface area contributed by atoms with Crippen LogP contribution in [-0.2, 0) is 4.79 Å². The zero-order chi connectivity index (χ0) is 14.8. The normalized spacial score (nSPS) is 25.9. The van der Waals surface area contributed by atoms with Crippen molar-refractivity contribution in [1.29, 1.82) is 0 Å². The molecule has 2 rings (SSSR count). The standard InChI is InChI=1S/C14H17F2NO2S/c1-2-17-14(13(18)19)6-5-10(8-14)20-9-3-4-11(15)12(16)7-9/h3-4,7,10,17H,2,5-6,8H2,1H3,(H,18,19). The van der Waals surface area contributed by atoms with Crippen LogP contribution in [0.25, 0.3) is 0 Å². The Morgan fingerprint density at radius 1 is 1.50 bits per heavy atom. The van der Waals surface area contributed by atoms with Gasteiger partial charge in [-0.25, -0.2) is 8.78 Å². The second-order valence-electron chi connectivity index (χ2n) is 4.98. The summed E-state index contributed by atoms with van der Waals surface area (Å²) in [6.45, 7) is 2.47. The number of halogens is 2. The van der Waals surface area contributed by atoms with Crippen molar-refractivity contribution in [3.63, 3.8) is 0 Å². The molecule has 1 aromatic carbocycles. The largest absolute Gasteiger partial charge is 0.480 e. The van der Waals surface area contributed by atoms with Crippen LogP contribution in [0.5, 0.6) is 0 Å². The first-order valence-corrected chi connectivity index (χ1v) is 7.45. The number of hydrogen-bond donors (Lipinski definition) is 2. The van der Waals surface area contributed by atoms with Gasteiger partial charge < -0.3 is 10.4 Å². The number of benzene rings is 1. The molecule has 0 spiro atoms. The second kappa shape index (κ2) is 6.10. The maximum absolute atomic E-state index is 13.2. The smallest absolute Gasteiger partial charge is 0.323 e. The van der Waals surface area contributed by atoms with Crippen molar-refractivity contribution in [3.8, 4) is 0 Å². The number of likely N-dealkylation sites (N-methyl/N-ethyl adjacent to an activating group) is 1. The van der Waals surface area contributed by atoms with Gasteiger partial charge in [0.15, 0.2) is 11.6 Å². The molecule has 0 amide bonds. The minimum Gasteiger partial charge on any atom is -0.480 e. The molecule has 6 heteroatoms. The van der Waals surface area contributed by atoms with E-state index in [0.717, 1.165) is 18.6 Å². The van der Waals surface area contributed by atoms with Gasteiger partial charge in [-0.3, -0.25) is 4.79 Å². The van der Waals surface area contributed by atoms with E-state index in [2.05, 4.69) is 5.32 Å². The summed E-state index contributed by atoms with van der Waals surface area (Å²) in [5.74, 6) is -2.58. The van der Waals surface area contributed by atoms with Crippen LogP contribution in [0, 0.1) is 11.6 Å². The molecule has 1 saturated carbocycles. The maximum atomic E-state index is 13.2. The van der Waals surface area contributed by atoms with Crippen LogP contribution >= 0.6 is 11.8 Å². The molecule has 0 aliphatic heterocycles. The molecule has 3 nitrogen and oxygen atoms in total. The van der Waals surface area contributed by atoms with E-state index >= 15 is 0 Å². The van der Waals surface area contributed by atoms with Crippen molar-refractivity contribution < 1.29 is 18.7 Å². The van der Waals surface area contributed by atoms with Gasteiger partial charge in [-0.15, -0.1) is 11.8 Å². The molecular formula is C14H17F2NO2S. The minimum atomic E-state index is -0.884. The average molecular weight is 301 g/mol. The summed E-state index contributed by atoms with van der Waals surface area (Å²) in [5, 5.41) is 12.5. The monoisotopic (exact) mass is 301 g/mol. The number of carbonyl (C=O) groups is 1. The average Bonchev–Trinajstić information content (AvgIpc) is 2.79. The molecule has 110 valence electrons. The van der Waals surface area contributed by atoms with E-state index in [1.165, 1.54) is 17.8 Å². The fraction of sp³-hybridized carbons (Fsp3) is 0.500. The second-order valence-corrected chi connectivity index (χ2v) is 6.35. The molecule has 2 atom stereocenters. The molecule has 0 aromatic heterocycles. The zero-order valence-electron chi connectivity index (χ0n) is 11.2. The Labute approximate surface area is 120 Å². The van der Waals surface area contributed by atoms with Gasteiger partial charge in [0.1, 0.15) is 5.54 Å². The summed E-state index contributed by atoms with van der Waals surface area (Å²) in [7, 11) is 0. The molecule has 20 heavy (non-hydrogen) atoms. The van der Waals surface area contributed by atoms with E-state index in [0.29, 0.717) is 24.3 Å². The van der Waals surface area contributed by atoms with Crippen molar-refractivity contribution in [1.82, 2.24) is 5.32 Å². The number of rotatable bonds is 5. The lowest BCUT2D eigenvalue weighted by Crippen LogP contribution is -2.50. The molecule has 2 unspecified atom stereocenters. The lowest BCUT2D eigenvalue weighted by atomic mass is 9.98. The predicted molar refractivity (Wildman–Crippen MR) is 73.9 cm³/mol. The highest BCUT2D eigenvalue weighted by Gasteiger charge is 2.45. The van der Waals surface area contributed by atoms with Gasteiger partial charge in [-0.2, -0.15) is 0 Å². The van der Waals surface area contributed by atoms with E-state index in [4.69, 9.17) is 0 Å². The van der Waals surface area contributed by atoms with Crippen molar-refractivity contribution in [3.05, 3.63) is 29.8 Å². The number of aliphatic carboxylic acids is 1. The molecule has 0 radical (unpaired) electrons. The first-order valence-electron chi connectivity index (χ1n) is 6.57. The van der Waals surface area contributed by atoms with E-state index in [-0.39, 0.29) is 5.25 Å². The van der Waals surface area contributed by atoms with Crippen LogP contribution in [0.2, 0.25) is 0 Å². The third-order valence-corrected chi connectivity index (χ3v) is 4.85. The fourth-order valence-electron chi connectivity index (χ4n) is 2.61. The number of nitrogens with one attached hydrogen (secondary N) is 1. The first-order chi connectivity index (χ1) is 9.47. The molecule has 2 N–H and O–H groups in total. The first kappa shape index (κ1) is 15.3. The topological polar surface area (TPSA) is 49.3 Å². The third kappa shape index (κ3) is 3.12. The van der Waals surface area contributed by atoms with Gasteiger partial charge in [0.2, 0.25) is 0 Å². The van der Waals surface area contributed by atoms with Gasteiger partial charge >= 0.3 is 5.97 Å². The SMILES string of the molecule is CCNC1(C(=O)O)CCC(Sc2ccc(F)c(F)c2)C1. The molecular weight excluding hydrogens is 284 g/mol. The third-order valence-electron chi connectivity index (χ3n) is 3.59. The number of thioether (sulfide) groups is 1. The Kier molecular flexibility index (Phi) is 4.65. The summed E-state index contributed by atoms with van der Waals surface area (Å²) in [4.78, 5) is 12.1. The highest BCUT2D eigenvalue weighted by molar-refractivity contribution is 8.00. The highest BCUT2D eigenvalue weighted by Crippen LogP contribution is 2.40. The maximum Gasteiger partial charge on any atom is 0.323 e. The van der Waals surface area contributed by atoms with Gasteiger partial charge in [0, 0.05) is 10.1 Å². The van der Waals surface area contributed by atoms with Crippen molar-refractivity contribution >= 4 is 17.7 Å². The summed E-state index contributed by atoms with van der Waals surface area (Å²) >= 11 is 1.41. The molecule has 0 heterocycles. The summed E-state index contributed by atoms with van der Waals surface area (Å²) in [5.41, 5.74) is -0.884. The summed E-state index contributed by atoms with van der Waals surface area (Å²) < 4.78 is 26.0. The van der Waals surface area contributed by atoms with Crippen LogP contribution in [0.3, 0.4) is 0 Å². The van der Waals surface area contributed by atoms with Crippen molar-refractivity contribution in [2.75, 3.05) is 6.54 Å². The van der Waals surface area contributed by atoms with Gasteiger partial charge in [0.25, 0.3) is 0 Å². The molecule has 0 bridgehead atoms. The zero-order valence-corrected chi connectivity index (χ0v) is 12.0. The predicted octanol–water partition coefficient (Wildman–Crippen LogP) is 3.04. The Morgan fingerprint density at radius 2 is 2.25 bits per heavy atom. The highest BCUT2D eigenvalue weighted by atomic mass is 32.2. The van der Waals surface area contributed by atoms with E-state index in [9.17, 15) is 18.7 Å². The molecule has 1 aliphatic rings. The van der Waals surface area contributed by atoms with Gasteiger partial charge in [-0.05, 0) is 44.0 Å². The Bertz CT molecular complexity index is 512. The van der Waals surface area contributed by atoms with Crippen molar-refractivity contribution in [2.24, 2.45) is 0 Å². The lowest BCUT2D eigenvalue weighted by Gasteiger charge is -2.25. The Morgan fingerprint density at radius 3 is 2.85 bits per heavy atom. The number of carboxylic acid groups (broad SMARTS) is 1. The van der Waals surface area contributed by atoms with Crippen LogP contribution in [-0.4, -0.2) is 28.4 Å². The van der Waals surface area contributed by atoms with Crippen LogP contribution in [0.4, 0.5) is 8.78 Å². The van der Waals surface area contributed by atoms with E-state index in [1.807, 2.05) is 6.92 Å². The number of carboxylic acids is 1. The molecule has 1 aliphatic carbocycles. The molecule has 1 fully saturated rings. The number of hydrogen-bond acceptors (Lipinski definition) is 3. The van der Waals surface area contributed by atoms with Crippen LogP contribution in [0.1, 0.15) is 26.2 Å². The summed E-state index contributed by atoms with van der Waals surface area (Å²) in [6.07, 6.45) is 1.78. The lowest BCUT2D eigenvalue weighted by molar-refractivity contribution is -0.144. The Hall–Kier alpha value is -1.14.